The van der Waals surface area contributed by atoms with Gasteiger partial charge in [-0.05, 0) is 51.0 Å². The molecular weight excluding hydrogens is 542 g/mol. The molecule has 1 fully saturated rings. The van der Waals surface area contributed by atoms with Gasteiger partial charge >= 0.3 is 12.1 Å². The van der Waals surface area contributed by atoms with Crippen LogP contribution in [0.5, 0.6) is 0 Å². The molecule has 42 heavy (non-hydrogen) atoms. The molecule has 1 saturated heterocycles. The molecule has 1 atom stereocenters. The molecule has 218 valence electrons. The maximum atomic E-state index is 13.9. The van der Waals surface area contributed by atoms with E-state index in [4.69, 9.17) is 0 Å². The Morgan fingerprint density at radius 2 is 1.74 bits per heavy atom. The molecule has 3 N–H and O–H groups in total. The molecule has 13 heteroatoms. The van der Waals surface area contributed by atoms with E-state index in [1.165, 1.54) is 34.2 Å². The lowest BCUT2D eigenvalue weighted by Crippen LogP contribution is -2.58. The summed E-state index contributed by atoms with van der Waals surface area (Å²) < 4.78 is 0. The van der Waals surface area contributed by atoms with Crippen LogP contribution in [0.2, 0.25) is 0 Å². The molecule has 1 aliphatic rings. The summed E-state index contributed by atoms with van der Waals surface area (Å²) in [6.07, 6.45) is 0.0200. The van der Waals surface area contributed by atoms with Gasteiger partial charge in [-0.1, -0.05) is 48.5 Å². The van der Waals surface area contributed by atoms with Gasteiger partial charge in [-0.15, -0.1) is 0 Å². The summed E-state index contributed by atoms with van der Waals surface area (Å²) in [6.45, 7) is 6.42. The maximum absolute atomic E-state index is 13.9. The van der Waals surface area contributed by atoms with Crippen LogP contribution in [-0.2, 0) is 4.79 Å². The molecule has 1 aliphatic heterocycles. The summed E-state index contributed by atoms with van der Waals surface area (Å²) in [5.41, 5.74) is 3.77. The number of nitrogens with zero attached hydrogens (tertiary/aromatic N) is 5. The Morgan fingerprint density at radius 1 is 1.07 bits per heavy atom. The summed E-state index contributed by atoms with van der Waals surface area (Å²) in [5, 5.41) is 29.3. The smallest absolute Gasteiger partial charge is 0.306 e. The van der Waals surface area contributed by atoms with E-state index >= 15 is 0 Å². The second-order valence-corrected chi connectivity index (χ2v) is 10.3. The number of amides is 5. The zero-order valence-corrected chi connectivity index (χ0v) is 23.5. The zero-order valence-electron chi connectivity index (χ0n) is 23.5. The quantitative estimate of drug-likeness (QED) is 0.154. The van der Waals surface area contributed by atoms with Gasteiger partial charge in [0.15, 0.2) is 6.17 Å². The van der Waals surface area contributed by atoms with Crippen molar-refractivity contribution in [3.05, 3.63) is 99.6 Å². The Hall–Kier alpha value is -5.30. The fourth-order valence-electron chi connectivity index (χ4n) is 4.76. The average Bonchev–Trinajstić information content (AvgIpc) is 3.14. The van der Waals surface area contributed by atoms with Crippen LogP contribution in [0.3, 0.4) is 0 Å². The Kier molecular flexibility index (Phi) is 8.52. The lowest BCUT2D eigenvalue weighted by Gasteiger charge is -2.38. The van der Waals surface area contributed by atoms with E-state index in [9.17, 15) is 29.7 Å². The van der Waals surface area contributed by atoms with Gasteiger partial charge < -0.3 is 10.2 Å². The van der Waals surface area contributed by atoms with Crippen LogP contribution < -0.4 is 15.6 Å². The highest BCUT2D eigenvalue weighted by Crippen LogP contribution is 2.39. The summed E-state index contributed by atoms with van der Waals surface area (Å²) in [7, 11) is 0. The fourth-order valence-corrected chi connectivity index (χ4v) is 4.76. The highest BCUT2D eigenvalue weighted by atomic mass is 16.6. The normalized spacial score (nSPS) is 16.0. The predicted octanol–water partition coefficient (Wildman–Crippen LogP) is 4.63. The van der Waals surface area contributed by atoms with Gasteiger partial charge in [0.1, 0.15) is 6.54 Å². The summed E-state index contributed by atoms with van der Waals surface area (Å²) in [5.74, 6) is -0.655. The van der Waals surface area contributed by atoms with Gasteiger partial charge in [-0.3, -0.25) is 25.0 Å². The first kappa shape index (κ1) is 29.7. The van der Waals surface area contributed by atoms with E-state index in [1.54, 1.807) is 63.2 Å². The Balaban J connectivity index is 1.59. The van der Waals surface area contributed by atoms with Gasteiger partial charge in [-0.2, -0.15) is 10.2 Å². The number of carbonyl (C=O) groups is 3. The number of para-hydroxylation sites is 2. The monoisotopic (exact) mass is 573 g/mol. The number of hydrogen-bond acceptors (Lipinski definition) is 7. The molecule has 1 heterocycles. The van der Waals surface area contributed by atoms with Crippen LogP contribution >= 0.6 is 0 Å². The van der Waals surface area contributed by atoms with E-state index in [-0.39, 0.29) is 5.69 Å². The molecule has 0 spiro atoms. The third-order valence-corrected chi connectivity index (χ3v) is 7.00. The van der Waals surface area contributed by atoms with Crippen molar-refractivity contribution in [3.63, 3.8) is 0 Å². The predicted molar refractivity (Wildman–Crippen MR) is 156 cm³/mol. The number of hydroxylamine groups is 2. The minimum atomic E-state index is -1.27. The fraction of sp³-hybridized carbons (Fsp3) is 0.241. The molecular formula is C29H31N7O6. The van der Waals surface area contributed by atoms with Crippen LogP contribution in [0.1, 0.15) is 30.5 Å². The highest BCUT2D eigenvalue weighted by Gasteiger charge is 2.56. The number of hydrazone groups is 1. The largest absolute Gasteiger partial charge is 0.347 e. The molecule has 0 radical (unpaired) electrons. The lowest BCUT2D eigenvalue weighted by atomic mass is 9.99. The van der Waals surface area contributed by atoms with Crippen LogP contribution in [-0.4, -0.2) is 62.5 Å². The number of urea groups is 2. The minimum Gasteiger partial charge on any atom is -0.306 e. The number of non-ortho nitro benzene ring substituents is 1. The number of benzene rings is 3. The molecule has 0 saturated carbocycles. The highest BCUT2D eigenvalue weighted by molar-refractivity contribution is 6.00. The van der Waals surface area contributed by atoms with E-state index in [2.05, 4.69) is 15.8 Å². The molecule has 1 unspecified atom stereocenters. The second kappa shape index (κ2) is 12.1. The van der Waals surface area contributed by atoms with Gasteiger partial charge in [0, 0.05) is 23.4 Å². The summed E-state index contributed by atoms with van der Waals surface area (Å²) in [4.78, 5) is 53.0. The number of anilines is 2. The van der Waals surface area contributed by atoms with Crippen molar-refractivity contribution in [3.8, 4) is 0 Å². The Bertz CT molecular complexity index is 1560. The van der Waals surface area contributed by atoms with Crippen molar-refractivity contribution in [2.24, 2.45) is 5.10 Å². The Morgan fingerprint density at radius 3 is 2.40 bits per heavy atom. The lowest BCUT2D eigenvalue weighted by molar-refractivity contribution is -0.384. The van der Waals surface area contributed by atoms with Crippen molar-refractivity contribution < 1.29 is 24.5 Å². The number of aryl methyl sites for hydroxylation is 2. The number of hydrogen-bond donors (Lipinski definition) is 3. The first-order valence-electron chi connectivity index (χ1n) is 13.0. The van der Waals surface area contributed by atoms with E-state index in [1.807, 2.05) is 19.1 Å². The van der Waals surface area contributed by atoms with Gasteiger partial charge in [-0.25, -0.2) is 15.0 Å². The number of carbonyl (C=O) groups excluding carboxylic acids is 3. The van der Waals surface area contributed by atoms with Crippen LogP contribution in [0.4, 0.5) is 26.7 Å². The molecule has 4 rings (SSSR count). The van der Waals surface area contributed by atoms with Crippen molar-refractivity contribution >= 4 is 41.2 Å². The zero-order chi connectivity index (χ0) is 30.6. The molecule has 3 aromatic rings. The van der Waals surface area contributed by atoms with Crippen LogP contribution in [0, 0.1) is 24.0 Å². The number of nitrogens with one attached hydrogen (secondary N) is 2. The van der Waals surface area contributed by atoms with Gasteiger partial charge in [0.25, 0.3) is 11.6 Å². The first-order valence-corrected chi connectivity index (χ1v) is 13.0. The second-order valence-electron chi connectivity index (χ2n) is 10.3. The molecule has 13 nitrogen and oxygen atoms in total. The number of rotatable bonds is 8. The van der Waals surface area contributed by atoms with Crippen LogP contribution in [0.15, 0.2) is 77.9 Å². The topological polar surface area (TPSA) is 161 Å². The minimum absolute atomic E-state index is 0.128. The van der Waals surface area contributed by atoms with E-state index in [0.29, 0.717) is 27.6 Å². The number of nitro groups is 1. The molecule has 3 aromatic carbocycles. The Labute approximate surface area is 242 Å². The van der Waals surface area contributed by atoms with Crippen LogP contribution in [0.25, 0.3) is 0 Å². The van der Waals surface area contributed by atoms with Crippen molar-refractivity contribution in [2.75, 3.05) is 16.8 Å². The molecule has 5 amide bonds. The number of nitro benzene ring substituents is 1. The summed E-state index contributed by atoms with van der Waals surface area (Å²) in [6, 6.07) is 18.3. The standard InChI is InChI=1S/C29H31N7O6/c1-19-10-5-7-14-23(19)31-27(38)35(40)26-29(3,4)33(28(39)34(26)24-15-8-6-11-20(24)2)18-25(37)32-30-17-21-12-9-13-22(16-21)36(41)42/h5-17,26,40H,18H2,1-4H3,(H,31,38)(H,32,37)/b30-17-. The van der Waals surface area contributed by atoms with E-state index < -0.39 is 41.1 Å². The first-order chi connectivity index (χ1) is 19.9. The van der Waals surface area contributed by atoms with Crippen molar-refractivity contribution in [1.29, 1.82) is 0 Å². The third-order valence-electron chi connectivity index (χ3n) is 7.00. The SMILES string of the molecule is Cc1ccccc1NC(=O)N(O)C1N(c2ccccc2C)C(=O)N(CC(=O)N/N=C\c2cccc([N+](=O)[O-])c2)C1(C)C. The van der Waals surface area contributed by atoms with Crippen molar-refractivity contribution in [1.82, 2.24) is 15.4 Å². The summed E-state index contributed by atoms with van der Waals surface area (Å²) >= 11 is 0. The molecule has 0 aromatic heterocycles. The maximum Gasteiger partial charge on any atom is 0.347 e. The molecule has 0 bridgehead atoms. The van der Waals surface area contributed by atoms with Gasteiger partial charge in [0.05, 0.1) is 22.4 Å². The van der Waals surface area contributed by atoms with Crippen molar-refractivity contribution in [2.45, 2.75) is 39.4 Å². The van der Waals surface area contributed by atoms with E-state index in [0.717, 1.165) is 5.56 Å². The molecule has 0 aliphatic carbocycles. The average molecular weight is 574 g/mol. The van der Waals surface area contributed by atoms with Gasteiger partial charge in [0.2, 0.25) is 0 Å². The third kappa shape index (κ3) is 6.05.